The highest BCUT2D eigenvalue weighted by atomic mass is 32.2. The SMILES string of the molecule is Cc1ccc(F)c(S(=O)(=O)[C@H]2CS(=O)(=O)C[C@@H]2NC2CCCC2)c1. The molecule has 24 heavy (non-hydrogen) atoms. The summed E-state index contributed by atoms with van der Waals surface area (Å²) >= 11 is 0. The Hall–Kier alpha value is -0.990. The summed E-state index contributed by atoms with van der Waals surface area (Å²) in [7, 11) is -7.53. The molecule has 8 heteroatoms. The molecule has 1 aliphatic carbocycles. The van der Waals surface area contributed by atoms with Crippen LogP contribution in [0.25, 0.3) is 0 Å². The van der Waals surface area contributed by atoms with E-state index < -0.39 is 47.4 Å². The third kappa shape index (κ3) is 3.50. The second-order valence-corrected chi connectivity index (χ2v) is 11.1. The van der Waals surface area contributed by atoms with Gasteiger partial charge in [0.2, 0.25) is 0 Å². The van der Waals surface area contributed by atoms with Crippen LogP contribution in [0.3, 0.4) is 0 Å². The number of benzene rings is 1. The molecule has 2 aliphatic rings. The summed E-state index contributed by atoms with van der Waals surface area (Å²) in [6.45, 7) is 1.68. The molecule has 1 aliphatic heterocycles. The van der Waals surface area contributed by atoms with Crippen molar-refractivity contribution in [2.45, 2.75) is 54.8 Å². The maximum absolute atomic E-state index is 14.1. The Morgan fingerprint density at radius 3 is 2.50 bits per heavy atom. The number of sulfone groups is 2. The summed E-state index contributed by atoms with van der Waals surface area (Å²) in [5, 5.41) is 2.07. The largest absolute Gasteiger partial charge is 0.309 e. The number of hydrogen-bond acceptors (Lipinski definition) is 5. The third-order valence-electron chi connectivity index (χ3n) is 4.90. The van der Waals surface area contributed by atoms with E-state index in [0.717, 1.165) is 31.7 Å². The smallest absolute Gasteiger partial charge is 0.186 e. The van der Waals surface area contributed by atoms with Crippen LogP contribution >= 0.6 is 0 Å². The van der Waals surface area contributed by atoms with Crippen molar-refractivity contribution in [1.29, 1.82) is 0 Å². The van der Waals surface area contributed by atoms with E-state index in [1.54, 1.807) is 6.92 Å². The van der Waals surface area contributed by atoms with Gasteiger partial charge in [0.05, 0.1) is 16.8 Å². The van der Waals surface area contributed by atoms with E-state index in [0.29, 0.717) is 5.56 Å². The topological polar surface area (TPSA) is 80.3 Å². The van der Waals surface area contributed by atoms with Crippen LogP contribution in [-0.2, 0) is 19.7 Å². The lowest BCUT2D eigenvalue weighted by molar-refractivity contribution is 0.448. The zero-order valence-electron chi connectivity index (χ0n) is 13.5. The van der Waals surface area contributed by atoms with Crippen molar-refractivity contribution in [3.05, 3.63) is 29.6 Å². The average molecular weight is 375 g/mol. The van der Waals surface area contributed by atoms with Gasteiger partial charge in [-0.25, -0.2) is 21.2 Å². The van der Waals surface area contributed by atoms with Crippen LogP contribution in [0.2, 0.25) is 0 Å². The van der Waals surface area contributed by atoms with Gasteiger partial charge in [0, 0.05) is 12.1 Å². The van der Waals surface area contributed by atoms with Gasteiger partial charge in [0.15, 0.2) is 19.7 Å². The molecule has 0 spiro atoms. The summed E-state index contributed by atoms with van der Waals surface area (Å²) in [6.07, 6.45) is 3.95. The predicted octanol–water partition coefficient (Wildman–Crippen LogP) is 1.61. The van der Waals surface area contributed by atoms with Crippen LogP contribution in [0, 0.1) is 12.7 Å². The van der Waals surface area contributed by atoms with Crippen molar-refractivity contribution >= 4 is 19.7 Å². The monoisotopic (exact) mass is 375 g/mol. The van der Waals surface area contributed by atoms with E-state index in [9.17, 15) is 21.2 Å². The number of aryl methyl sites for hydroxylation is 1. The van der Waals surface area contributed by atoms with Crippen molar-refractivity contribution in [2.24, 2.45) is 0 Å². The molecule has 134 valence electrons. The molecule has 1 aromatic rings. The molecule has 1 heterocycles. The fourth-order valence-electron chi connectivity index (χ4n) is 3.66. The molecule has 0 radical (unpaired) electrons. The maximum atomic E-state index is 14.1. The van der Waals surface area contributed by atoms with Gasteiger partial charge in [-0.15, -0.1) is 0 Å². The molecule has 1 saturated carbocycles. The molecule has 2 atom stereocenters. The third-order valence-corrected chi connectivity index (χ3v) is 9.06. The molecule has 0 unspecified atom stereocenters. The minimum Gasteiger partial charge on any atom is -0.309 e. The molecule has 3 rings (SSSR count). The fraction of sp³-hybridized carbons (Fsp3) is 0.625. The van der Waals surface area contributed by atoms with Gasteiger partial charge >= 0.3 is 0 Å². The summed E-state index contributed by atoms with van der Waals surface area (Å²) < 4.78 is 64.1. The summed E-state index contributed by atoms with van der Waals surface area (Å²) in [6, 6.07) is 3.35. The minimum absolute atomic E-state index is 0.142. The maximum Gasteiger partial charge on any atom is 0.186 e. The van der Waals surface area contributed by atoms with Gasteiger partial charge in [-0.3, -0.25) is 0 Å². The lowest BCUT2D eigenvalue weighted by Crippen LogP contribution is -2.47. The highest BCUT2D eigenvalue weighted by Gasteiger charge is 2.47. The number of rotatable bonds is 4. The summed E-state index contributed by atoms with van der Waals surface area (Å²) in [5.41, 5.74) is 0.621. The van der Waals surface area contributed by atoms with E-state index in [1.165, 1.54) is 12.1 Å². The van der Waals surface area contributed by atoms with Crippen molar-refractivity contribution in [2.75, 3.05) is 11.5 Å². The molecular weight excluding hydrogens is 353 g/mol. The normalized spacial score (nSPS) is 27.6. The predicted molar refractivity (Wildman–Crippen MR) is 89.9 cm³/mol. The Balaban J connectivity index is 1.95. The van der Waals surface area contributed by atoms with Gasteiger partial charge in [-0.05, 0) is 37.5 Å². The number of nitrogens with one attached hydrogen (secondary N) is 1. The Morgan fingerprint density at radius 1 is 1.17 bits per heavy atom. The van der Waals surface area contributed by atoms with Crippen LogP contribution in [0.4, 0.5) is 4.39 Å². The van der Waals surface area contributed by atoms with Crippen LogP contribution in [0.5, 0.6) is 0 Å². The molecule has 0 bridgehead atoms. The van der Waals surface area contributed by atoms with Crippen molar-refractivity contribution in [3.63, 3.8) is 0 Å². The highest BCUT2D eigenvalue weighted by Crippen LogP contribution is 2.29. The molecule has 1 saturated heterocycles. The quantitative estimate of drug-likeness (QED) is 0.865. The Kier molecular flexibility index (Phi) is 4.74. The first-order chi connectivity index (χ1) is 11.2. The number of hydrogen-bond donors (Lipinski definition) is 1. The summed E-state index contributed by atoms with van der Waals surface area (Å²) in [5.74, 6) is -1.49. The van der Waals surface area contributed by atoms with Gasteiger partial charge in [-0.1, -0.05) is 18.9 Å². The second-order valence-electron chi connectivity index (χ2n) is 6.85. The molecule has 1 aromatic carbocycles. The standard InChI is InChI=1S/C16H22FNO4S2/c1-11-6-7-13(17)15(8-11)24(21,22)16-10-23(19,20)9-14(16)18-12-4-2-3-5-12/h6-8,12,14,16,18H,2-5,9-10H2,1H3/t14-,16-/m0/s1. The Bertz CT molecular complexity index is 830. The Labute approximate surface area is 142 Å². The van der Waals surface area contributed by atoms with E-state index in [1.807, 2.05) is 0 Å². The Morgan fingerprint density at radius 2 is 1.83 bits per heavy atom. The van der Waals surface area contributed by atoms with Crippen molar-refractivity contribution in [3.8, 4) is 0 Å². The lowest BCUT2D eigenvalue weighted by atomic mass is 10.2. The zero-order chi connectivity index (χ0) is 17.5. The van der Waals surface area contributed by atoms with Gasteiger partial charge in [0.1, 0.15) is 10.7 Å². The van der Waals surface area contributed by atoms with E-state index in [4.69, 9.17) is 0 Å². The lowest BCUT2D eigenvalue weighted by Gasteiger charge is -2.23. The van der Waals surface area contributed by atoms with E-state index >= 15 is 0 Å². The van der Waals surface area contributed by atoms with Gasteiger partial charge in [-0.2, -0.15) is 0 Å². The minimum atomic E-state index is -4.07. The molecule has 0 aromatic heterocycles. The van der Waals surface area contributed by atoms with Crippen molar-refractivity contribution < 1.29 is 21.2 Å². The van der Waals surface area contributed by atoms with E-state index in [-0.39, 0.29) is 11.8 Å². The zero-order valence-corrected chi connectivity index (χ0v) is 15.2. The van der Waals surface area contributed by atoms with Crippen LogP contribution in [0.15, 0.2) is 23.1 Å². The fourth-order valence-corrected chi connectivity index (χ4v) is 8.49. The number of halogens is 1. The average Bonchev–Trinajstić information content (AvgIpc) is 3.09. The molecule has 2 fully saturated rings. The van der Waals surface area contributed by atoms with E-state index in [2.05, 4.69) is 5.32 Å². The first kappa shape index (κ1) is 17.8. The van der Waals surface area contributed by atoms with Gasteiger partial charge in [0.25, 0.3) is 0 Å². The van der Waals surface area contributed by atoms with Gasteiger partial charge < -0.3 is 5.32 Å². The van der Waals surface area contributed by atoms with Crippen LogP contribution in [0.1, 0.15) is 31.2 Å². The highest BCUT2D eigenvalue weighted by molar-refractivity contribution is 7.96. The molecular formula is C16H22FNO4S2. The summed E-state index contributed by atoms with van der Waals surface area (Å²) in [4.78, 5) is -0.400. The van der Waals surface area contributed by atoms with Crippen molar-refractivity contribution in [1.82, 2.24) is 5.32 Å². The second kappa shape index (κ2) is 6.38. The van der Waals surface area contributed by atoms with Crippen LogP contribution < -0.4 is 5.32 Å². The first-order valence-electron chi connectivity index (χ1n) is 8.15. The molecule has 1 N–H and O–H groups in total. The molecule has 5 nitrogen and oxygen atoms in total. The van der Waals surface area contributed by atoms with Crippen LogP contribution in [-0.4, -0.2) is 45.7 Å². The molecule has 0 amide bonds. The first-order valence-corrected chi connectivity index (χ1v) is 11.5.